The molecule has 2 aromatic rings. The number of hydrogen-bond donors (Lipinski definition) is 1. The molecule has 0 aliphatic rings. The fourth-order valence-corrected chi connectivity index (χ4v) is 1.99. The van der Waals surface area contributed by atoms with Gasteiger partial charge in [0.05, 0.1) is 6.54 Å². The van der Waals surface area contributed by atoms with E-state index in [2.05, 4.69) is 19.2 Å². The maximum absolute atomic E-state index is 12.8. The highest BCUT2D eigenvalue weighted by atomic mass is 19.1. The predicted molar refractivity (Wildman–Crippen MR) is 84.8 cm³/mol. The molecule has 0 atom stereocenters. The van der Waals surface area contributed by atoms with E-state index in [9.17, 15) is 9.18 Å². The molecule has 3 nitrogen and oxygen atoms in total. The summed E-state index contributed by atoms with van der Waals surface area (Å²) in [7, 11) is 0. The van der Waals surface area contributed by atoms with E-state index in [1.54, 1.807) is 0 Å². The van der Waals surface area contributed by atoms with Gasteiger partial charge in [0.2, 0.25) is 0 Å². The lowest BCUT2D eigenvalue weighted by Crippen LogP contribution is -2.28. The van der Waals surface area contributed by atoms with E-state index in [0.717, 1.165) is 5.75 Å². The van der Waals surface area contributed by atoms with Gasteiger partial charge in [0.1, 0.15) is 18.2 Å². The Balaban J connectivity index is 1.74. The van der Waals surface area contributed by atoms with Crippen LogP contribution in [0.2, 0.25) is 0 Å². The third-order valence-electron chi connectivity index (χ3n) is 3.31. The first-order valence-electron chi connectivity index (χ1n) is 7.33. The van der Waals surface area contributed by atoms with Gasteiger partial charge in [0.25, 0.3) is 5.91 Å². The summed E-state index contributed by atoms with van der Waals surface area (Å²) in [5.74, 6) is 0.674. The van der Waals surface area contributed by atoms with Gasteiger partial charge in [-0.3, -0.25) is 4.79 Å². The van der Waals surface area contributed by atoms with Crippen molar-refractivity contribution in [1.82, 2.24) is 5.32 Å². The zero-order valence-electron chi connectivity index (χ0n) is 12.8. The molecule has 0 heterocycles. The first kappa shape index (κ1) is 16.0. The van der Waals surface area contributed by atoms with Crippen molar-refractivity contribution in [2.24, 2.45) is 0 Å². The summed E-state index contributed by atoms with van der Waals surface area (Å²) in [5, 5.41) is 2.73. The van der Waals surface area contributed by atoms with Gasteiger partial charge in [-0.25, -0.2) is 4.39 Å². The van der Waals surface area contributed by atoms with Gasteiger partial charge in [-0.1, -0.05) is 26.0 Å². The topological polar surface area (TPSA) is 38.3 Å². The van der Waals surface area contributed by atoms with Crippen molar-refractivity contribution >= 4 is 5.91 Å². The highest BCUT2D eigenvalue weighted by Gasteiger charge is 2.05. The van der Waals surface area contributed by atoms with Crippen molar-refractivity contribution in [3.63, 3.8) is 0 Å². The number of rotatable bonds is 6. The first-order valence-corrected chi connectivity index (χ1v) is 7.33. The van der Waals surface area contributed by atoms with E-state index < -0.39 is 0 Å². The van der Waals surface area contributed by atoms with Crippen LogP contribution in [-0.2, 0) is 0 Å². The summed E-state index contributed by atoms with van der Waals surface area (Å²) in [6.45, 7) is 5.05. The fourth-order valence-electron chi connectivity index (χ4n) is 1.99. The maximum Gasteiger partial charge on any atom is 0.251 e. The van der Waals surface area contributed by atoms with Crippen LogP contribution in [0, 0.1) is 5.82 Å². The second kappa shape index (κ2) is 7.59. The van der Waals surface area contributed by atoms with E-state index in [-0.39, 0.29) is 11.7 Å². The Hall–Kier alpha value is -2.36. The van der Waals surface area contributed by atoms with E-state index in [4.69, 9.17) is 4.74 Å². The summed E-state index contributed by atoms with van der Waals surface area (Å²) in [5.41, 5.74) is 1.69. The van der Waals surface area contributed by atoms with Crippen LogP contribution in [0.3, 0.4) is 0 Å². The summed E-state index contributed by atoms with van der Waals surface area (Å²) < 4.78 is 18.3. The van der Waals surface area contributed by atoms with Gasteiger partial charge in [-0.15, -0.1) is 0 Å². The minimum Gasteiger partial charge on any atom is -0.492 e. The normalized spacial score (nSPS) is 10.5. The van der Waals surface area contributed by atoms with Crippen molar-refractivity contribution in [2.45, 2.75) is 19.8 Å². The molecule has 0 radical (unpaired) electrons. The summed E-state index contributed by atoms with van der Waals surface area (Å²) in [6, 6.07) is 13.4. The zero-order chi connectivity index (χ0) is 15.9. The fraction of sp³-hybridized carbons (Fsp3) is 0.278. The molecule has 0 bridgehead atoms. The highest BCUT2D eigenvalue weighted by Crippen LogP contribution is 2.18. The molecule has 0 aromatic heterocycles. The number of benzene rings is 2. The number of hydrogen-bond acceptors (Lipinski definition) is 2. The van der Waals surface area contributed by atoms with E-state index in [1.807, 2.05) is 24.3 Å². The van der Waals surface area contributed by atoms with Crippen molar-refractivity contribution < 1.29 is 13.9 Å². The van der Waals surface area contributed by atoms with Crippen LogP contribution in [0.25, 0.3) is 0 Å². The standard InChI is InChI=1S/C18H20FNO2/c1-13(2)14-5-9-17(10-6-14)22-12-11-20-18(21)15-3-7-16(19)8-4-15/h3-10,13H,11-12H2,1-2H3,(H,20,21). The lowest BCUT2D eigenvalue weighted by atomic mass is 10.0. The van der Waals surface area contributed by atoms with Gasteiger partial charge < -0.3 is 10.1 Å². The highest BCUT2D eigenvalue weighted by molar-refractivity contribution is 5.94. The van der Waals surface area contributed by atoms with Crippen LogP contribution < -0.4 is 10.1 Å². The Kier molecular flexibility index (Phi) is 5.53. The predicted octanol–water partition coefficient (Wildman–Crippen LogP) is 3.76. The van der Waals surface area contributed by atoms with Gasteiger partial charge in [-0.2, -0.15) is 0 Å². The molecule has 1 N–H and O–H groups in total. The molecule has 0 aliphatic heterocycles. The molecule has 116 valence electrons. The van der Waals surface area contributed by atoms with Gasteiger partial charge in [0, 0.05) is 5.56 Å². The molecule has 22 heavy (non-hydrogen) atoms. The van der Waals surface area contributed by atoms with Crippen LogP contribution in [0.4, 0.5) is 4.39 Å². The van der Waals surface area contributed by atoms with Crippen molar-refractivity contribution in [1.29, 1.82) is 0 Å². The second-order valence-corrected chi connectivity index (χ2v) is 5.33. The maximum atomic E-state index is 12.8. The second-order valence-electron chi connectivity index (χ2n) is 5.33. The number of ether oxygens (including phenoxy) is 1. The quantitative estimate of drug-likeness (QED) is 0.825. The van der Waals surface area contributed by atoms with Gasteiger partial charge in [0.15, 0.2) is 0 Å². The van der Waals surface area contributed by atoms with Crippen LogP contribution in [-0.4, -0.2) is 19.1 Å². The number of carbonyl (C=O) groups is 1. The van der Waals surface area contributed by atoms with E-state index in [0.29, 0.717) is 24.6 Å². The molecule has 1 amide bonds. The average molecular weight is 301 g/mol. The Morgan fingerprint density at radius 2 is 1.73 bits per heavy atom. The summed E-state index contributed by atoms with van der Waals surface area (Å²) in [6.07, 6.45) is 0. The SMILES string of the molecule is CC(C)c1ccc(OCCNC(=O)c2ccc(F)cc2)cc1. The number of nitrogens with one attached hydrogen (secondary N) is 1. The minimum atomic E-state index is -0.357. The molecule has 2 rings (SSSR count). The lowest BCUT2D eigenvalue weighted by molar-refractivity contribution is 0.0947. The molecule has 0 spiro atoms. The minimum absolute atomic E-state index is 0.237. The molecule has 0 aliphatic carbocycles. The van der Waals surface area contributed by atoms with Gasteiger partial charge >= 0.3 is 0 Å². The third-order valence-corrected chi connectivity index (χ3v) is 3.31. The molecule has 0 fully saturated rings. The summed E-state index contributed by atoms with van der Waals surface area (Å²) in [4.78, 5) is 11.8. The third kappa shape index (κ3) is 4.58. The summed E-state index contributed by atoms with van der Waals surface area (Å²) >= 11 is 0. The number of carbonyl (C=O) groups excluding carboxylic acids is 1. The average Bonchev–Trinajstić information content (AvgIpc) is 2.52. The molecule has 0 saturated carbocycles. The van der Waals surface area contributed by atoms with E-state index in [1.165, 1.54) is 29.8 Å². The molecule has 4 heteroatoms. The lowest BCUT2D eigenvalue weighted by Gasteiger charge is -2.09. The number of amides is 1. The smallest absolute Gasteiger partial charge is 0.251 e. The molecule has 0 saturated heterocycles. The van der Waals surface area contributed by atoms with Crippen molar-refractivity contribution in [3.05, 3.63) is 65.5 Å². The van der Waals surface area contributed by atoms with Gasteiger partial charge in [-0.05, 0) is 47.9 Å². The van der Waals surface area contributed by atoms with Crippen LogP contribution in [0.5, 0.6) is 5.75 Å². The number of halogens is 1. The largest absolute Gasteiger partial charge is 0.492 e. The van der Waals surface area contributed by atoms with Crippen LogP contribution >= 0.6 is 0 Å². The molecule has 2 aromatic carbocycles. The first-order chi connectivity index (χ1) is 10.6. The Bertz CT molecular complexity index is 606. The molecular weight excluding hydrogens is 281 g/mol. The molecular formula is C18H20FNO2. The van der Waals surface area contributed by atoms with Crippen molar-refractivity contribution in [2.75, 3.05) is 13.2 Å². The van der Waals surface area contributed by atoms with E-state index >= 15 is 0 Å². The molecule has 0 unspecified atom stereocenters. The van der Waals surface area contributed by atoms with Crippen LogP contribution in [0.15, 0.2) is 48.5 Å². The van der Waals surface area contributed by atoms with Crippen molar-refractivity contribution in [3.8, 4) is 5.75 Å². The Morgan fingerprint density at radius 1 is 1.09 bits per heavy atom. The zero-order valence-corrected chi connectivity index (χ0v) is 12.8. The Labute approximate surface area is 130 Å². The Morgan fingerprint density at radius 3 is 2.32 bits per heavy atom. The van der Waals surface area contributed by atoms with Crippen LogP contribution in [0.1, 0.15) is 35.7 Å². The monoisotopic (exact) mass is 301 g/mol.